The minimum atomic E-state index is -4.54. The van der Waals surface area contributed by atoms with Gasteiger partial charge in [0.2, 0.25) is 11.8 Å². The number of likely N-dealkylation sites (tertiary alicyclic amines) is 2. The van der Waals surface area contributed by atoms with Gasteiger partial charge in [0.15, 0.2) is 0 Å². The maximum Gasteiger partial charge on any atom is 0.406 e. The number of hydrogen-bond acceptors (Lipinski definition) is 11. The normalized spacial score (nSPS) is 25.7. The number of nitrogens with zero attached hydrogens (tertiary/aromatic N) is 7. The molecule has 376 valence electrons. The molecular formula is C52H66F3N9O5S. The van der Waals surface area contributed by atoms with Crippen molar-refractivity contribution in [3.05, 3.63) is 58.2 Å². The number of hydrogen-bond donors (Lipinski definition) is 2. The van der Waals surface area contributed by atoms with Gasteiger partial charge in [-0.2, -0.15) is 13.2 Å². The van der Waals surface area contributed by atoms with Gasteiger partial charge in [-0.05, 0) is 100 Å². The first-order valence-corrected chi connectivity index (χ1v) is 26.1. The van der Waals surface area contributed by atoms with Gasteiger partial charge in [-0.15, -0.1) is 11.3 Å². The Morgan fingerprint density at radius 2 is 1.80 bits per heavy atom. The van der Waals surface area contributed by atoms with Crippen molar-refractivity contribution in [1.82, 2.24) is 45.0 Å². The summed E-state index contributed by atoms with van der Waals surface area (Å²) in [5.74, 6) is -0.882. The van der Waals surface area contributed by atoms with Crippen LogP contribution >= 0.6 is 11.3 Å². The maximum atomic E-state index is 15.0. The summed E-state index contributed by atoms with van der Waals surface area (Å²) in [5, 5.41) is 7.83. The molecule has 3 amide bonds. The average Bonchev–Trinajstić information content (AvgIpc) is 3.63. The van der Waals surface area contributed by atoms with E-state index in [4.69, 9.17) is 9.72 Å². The van der Waals surface area contributed by atoms with Gasteiger partial charge in [0.05, 0.1) is 34.7 Å². The molecule has 10 rings (SSSR count). The van der Waals surface area contributed by atoms with Crippen molar-refractivity contribution in [2.45, 2.75) is 135 Å². The summed E-state index contributed by atoms with van der Waals surface area (Å²) in [4.78, 5) is 73.1. The van der Waals surface area contributed by atoms with E-state index in [-0.39, 0.29) is 60.5 Å². The van der Waals surface area contributed by atoms with Crippen LogP contribution in [0, 0.1) is 16.7 Å². The van der Waals surface area contributed by atoms with Gasteiger partial charge in [-0.1, -0.05) is 46.6 Å². The summed E-state index contributed by atoms with van der Waals surface area (Å²) >= 11 is 1.36. The van der Waals surface area contributed by atoms with E-state index >= 15 is 4.79 Å². The molecule has 4 aromatic rings. The largest absolute Gasteiger partial charge is 0.464 e. The van der Waals surface area contributed by atoms with Crippen molar-refractivity contribution >= 4 is 45.9 Å². The van der Waals surface area contributed by atoms with Crippen molar-refractivity contribution in [1.29, 1.82) is 0 Å². The van der Waals surface area contributed by atoms with Crippen LogP contribution in [0.1, 0.15) is 101 Å². The highest BCUT2D eigenvalue weighted by molar-refractivity contribution is 7.10. The molecule has 18 heteroatoms. The standard InChI is InChI=1S/C52H66F3N9O5S/c1-31(2)43-34(13-8-18-56-43)45-36-23-50(3,4)30-69-49(68)37-14-9-20-64(59-37)47(66)38(22-42-57-39(25-70-42)33-15-16-40(35(36)21-33)63(45)29-52(53,54)55)58-46(65)44(32-11-6-7-12-32)61-19-10-17-51(26-61)27-62(28-51)48(67)41-24-60(41)5/h8,13,15-16,18,21,25,31-32,37-38,41,44,59H,6-7,9-12,14,17,19-20,22-24,26-30H2,1-5H3,(H,58,65)/t37-,38-,41+,44-,60?/m0/s1. The third-order valence-corrected chi connectivity index (χ3v) is 16.6. The molecule has 4 saturated heterocycles. The molecule has 1 aromatic carbocycles. The van der Waals surface area contributed by atoms with Crippen LogP contribution in [0.2, 0.25) is 0 Å². The number of pyridine rings is 1. The van der Waals surface area contributed by atoms with Crippen LogP contribution in [0.3, 0.4) is 0 Å². The number of amides is 3. The van der Waals surface area contributed by atoms with Gasteiger partial charge in [0.25, 0.3) is 5.91 Å². The minimum Gasteiger partial charge on any atom is -0.464 e. The lowest BCUT2D eigenvalue weighted by molar-refractivity contribution is -0.155. The number of nitrogens with one attached hydrogen (secondary N) is 2. The van der Waals surface area contributed by atoms with Gasteiger partial charge in [0, 0.05) is 83.6 Å². The maximum absolute atomic E-state index is 15.0. The van der Waals surface area contributed by atoms with Crippen LogP contribution in [-0.4, -0.2) is 141 Å². The second-order valence-corrected chi connectivity index (χ2v) is 23.2. The van der Waals surface area contributed by atoms with Crippen LogP contribution in [0.15, 0.2) is 41.9 Å². The Labute approximate surface area is 411 Å². The predicted octanol–water partition coefficient (Wildman–Crippen LogP) is 6.96. The summed E-state index contributed by atoms with van der Waals surface area (Å²) in [6.45, 7) is 10.5. The Morgan fingerprint density at radius 1 is 1.03 bits per heavy atom. The lowest BCUT2D eigenvalue weighted by Gasteiger charge is -2.56. The van der Waals surface area contributed by atoms with Gasteiger partial charge in [0.1, 0.15) is 24.7 Å². The Kier molecular flexibility index (Phi) is 13.2. The van der Waals surface area contributed by atoms with Crippen LogP contribution < -0.4 is 10.7 Å². The topological polar surface area (TPSA) is 145 Å². The molecule has 2 N–H and O–H groups in total. The van der Waals surface area contributed by atoms with Gasteiger partial charge >= 0.3 is 12.1 Å². The number of carbonyl (C=O) groups is 4. The smallest absolute Gasteiger partial charge is 0.406 e. The van der Waals surface area contributed by atoms with Crippen molar-refractivity contribution in [3.8, 4) is 22.5 Å². The van der Waals surface area contributed by atoms with Crippen molar-refractivity contribution in [3.63, 3.8) is 0 Å². The molecule has 1 spiro atoms. The summed E-state index contributed by atoms with van der Waals surface area (Å²) in [7, 11) is 1.97. The molecule has 3 aromatic heterocycles. The third-order valence-electron chi connectivity index (χ3n) is 15.7. The van der Waals surface area contributed by atoms with Crippen LogP contribution in [0.25, 0.3) is 33.4 Å². The van der Waals surface area contributed by atoms with Crippen molar-refractivity contribution < 1.29 is 37.1 Å². The second kappa shape index (κ2) is 18.9. The van der Waals surface area contributed by atoms with Crippen LogP contribution in [-0.2, 0) is 43.3 Å². The molecule has 1 saturated carbocycles. The van der Waals surface area contributed by atoms with E-state index in [1.54, 1.807) is 24.4 Å². The van der Waals surface area contributed by atoms with E-state index < -0.39 is 42.2 Å². The highest BCUT2D eigenvalue weighted by Gasteiger charge is 2.53. The molecule has 8 heterocycles. The number of alkyl halides is 3. The molecule has 5 atom stereocenters. The Morgan fingerprint density at radius 3 is 2.53 bits per heavy atom. The highest BCUT2D eigenvalue weighted by Crippen LogP contribution is 2.45. The van der Waals surface area contributed by atoms with Crippen LogP contribution in [0.4, 0.5) is 13.2 Å². The first-order chi connectivity index (χ1) is 33.4. The number of ether oxygens (including phenoxy) is 1. The lowest BCUT2D eigenvalue weighted by atomic mass is 9.72. The average molecular weight is 986 g/mol. The fraction of sp³-hybridized carbons (Fsp3) is 0.615. The zero-order chi connectivity index (χ0) is 49.3. The van der Waals surface area contributed by atoms with Crippen molar-refractivity contribution in [2.24, 2.45) is 16.7 Å². The van der Waals surface area contributed by atoms with E-state index in [0.29, 0.717) is 88.7 Å². The zero-order valence-corrected chi connectivity index (χ0v) is 41.8. The Balaban J connectivity index is 1.00. The van der Waals surface area contributed by atoms with Gasteiger partial charge < -0.3 is 19.5 Å². The number of carbonyl (C=O) groups excluding carboxylic acids is 4. The molecule has 0 radical (unpaired) electrons. The summed E-state index contributed by atoms with van der Waals surface area (Å²) < 4.78 is 51.4. The first-order valence-electron chi connectivity index (χ1n) is 25.3. The summed E-state index contributed by atoms with van der Waals surface area (Å²) in [5.41, 5.74) is 6.47. The molecule has 1 aliphatic carbocycles. The molecule has 5 fully saturated rings. The number of fused-ring (bicyclic) bond motifs is 6. The van der Waals surface area contributed by atoms with Gasteiger partial charge in [-0.25, -0.2) is 10.4 Å². The number of aromatic nitrogens is 3. The number of cyclic esters (lactones) is 1. The van der Waals surface area contributed by atoms with E-state index in [1.165, 1.54) is 20.9 Å². The molecule has 6 bridgehead atoms. The molecule has 5 aliphatic heterocycles. The molecule has 6 aliphatic rings. The quantitative estimate of drug-likeness (QED) is 0.141. The van der Waals surface area contributed by atoms with E-state index in [0.717, 1.165) is 51.6 Å². The second-order valence-electron chi connectivity index (χ2n) is 22.2. The number of likely N-dealkylation sites (N-methyl/N-ethyl adjacent to an activating group) is 1. The number of hydrazine groups is 1. The molecule has 14 nitrogen and oxygen atoms in total. The number of halogens is 3. The fourth-order valence-electron chi connectivity index (χ4n) is 12.2. The molecular weight excluding hydrogens is 920 g/mol. The lowest BCUT2D eigenvalue weighted by Crippen LogP contribution is -2.68. The fourth-order valence-corrected chi connectivity index (χ4v) is 13.0. The summed E-state index contributed by atoms with van der Waals surface area (Å²) in [6, 6.07) is 6.67. The SMILES string of the molecule is CC(C)c1ncccc1-c1c2c3cc(ccc3n1CC(F)(F)F)-c1csc(n1)C[C@H](NC(=O)[C@H](C1CCCC1)N1CCCC3(CN(C(=O)[C@H]4CN4C)C3)C1)C(=O)N1CCC[C@H](N1)C(=O)OCC(C)(C)C2. The van der Waals surface area contributed by atoms with Crippen LogP contribution in [0.5, 0.6) is 0 Å². The van der Waals surface area contributed by atoms with E-state index in [9.17, 15) is 27.6 Å². The molecule has 70 heavy (non-hydrogen) atoms. The number of esters is 1. The first kappa shape index (κ1) is 48.7. The summed E-state index contributed by atoms with van der Waals surface area (Å²) in [6.07, 6.45) is 4.24. The highest BCUT2D eigenvalue weighted by atomic mass is 32.1. The number of benzene rings is 1. The number of thiazole rings is 1. The van der Waals surface area contributed by atoms with E-state index in [1.807, 2.05) is 57.2 Å². The molecule has 1 unspecified atom stereocenters. The zero-order valence-electron chi connectivity index (χ0n) is 40.9. The number of rotatable bonds is 8. The van der Waals surface area contributed by atoms with E-state index in [2.05, 4.69) is 25.5 Å². The van der Waals surface area contributed by atoms with Gasteiger partial charge in [-0.3, -0.25) is 39.0 Å². The Hall–Kier alpha value is -4.91. The Bertz CT molecular complexity index is 2650. The van der Waals surface area contributed by atoms with Crippen molar-refractivity contribution in [2.75, 3.05) is 52.9 Å². The predicted molar refractivity (Wildman–Crippen MR) is 260 cm³/mol. The number of piperidine rings is 1. The third kappa shape index (κ3) is 9.86. The minimum absolute atomic E-state index is 0.0221. The monoisotopic (exact) mass is 985 g/mol.